The van der Waals surface area contributed by atoms with Gasteiger partial charge in [0.1, 0.15) is 11.5 Å². The van der Waals surface area contributed by atoms with Gasteiger partial charge in [-0.15, -0.1) is 0 Å². The minimum atomic E-state index is 0.836. The van der Waals surface area contributed by atoms with Crippen LogP contribution in [0, 0.1) is 0 Å². The van der Waals surface area contributed by atoms with E-state index in [9.17, 15) is 0 Å². The molecule has 4 nitrogen and oxygen atoms in total. The van der Waals surface area contributed by atoms with Crippen molar-refractivity contribution in [1.82, 2.24) is 9.47 Å². The lowest BCUT2D eigenvalue weighted by atomic mass is 10.1. The number of para-hydroxylation sites is 1. The van der Waals surface area contributed by atoms with Crippen LogP contribution in [0.3, 0.4) is 0 Å². The van der Waals surface area contributed by atoms with Crippen molar-refractivity contribution in [3.8, 4) is 11.5 Å². The summed E-state index contributed by atoms with van der Waals surface area (Å²) in [6.07, 6.45) is 4.17. The van der Waals surface area contributed by atoms with Crippen molar-refractivity contribution in [2.75, 3.05) is 18.6 Å². The zero-order valence-corrected chi connectivity index (χ0v) is 18.6. The van der Waals surface area contributed by atoms with Crippen molar-refractivity contribution in [2.45, 2.75) is 6.54 Å². The maximum absolute atomic E-state index is 6.32. The van der Waals surface area contributed by atoms with Gasteiger partial charge in [-0.2, -0.15) is 0 Å². The van der Waals surface area contributed by atoms with Crippen LogP contribution >= 0.6 is 0 Å². The molecule has 162 valence electrons. The first-order valence-electron chi connectivity index (χ1n) is 11.2. The molecule has 0 aliphatic carbocycles. The molecule has 0 unspecified atom stereocenters. The molecule has 0 spiro atoms. The Balaban J connectivity index is 1.36. The van der Waals surface area contributed by atoms with E-state index in [1.165, 1.54) is 27.4 Å². The SMILES string of the molecule is CN1C=CN(c2cccc(Oc3ccc4c(c3)c3ccccc3n4Cc3ccccc3)c2)C1. The van der Waals surface area contributed by atoms with Crippen LogP contribution < -0.4 is 9.64 Å². The molecule has 5 aromatic rings. The largest absolute Gasteiger partial charge is 0.457 e. The van der Waals surface area contributed by atoms with Gasteiger partial charge >= 0.3 is 0 Å². The van der Waals surface area contributed by atoms with E-state index in [0.29, 0.717) is 0 Å². The minimum absolute atomic E-state index is 0.836. The van der Waals surface area contributed by atoms with Crippen LogP contribution in [0.5, 0.6) is 11.5 Å². The van der Waals surface area contributed by atoms with E-state index >= 15 is 0 Å². The molecular formula is C29H25N3O. The summed E-state index contributed by atoms with van der Waals surface area (Å²) in [7, 11) is 2.07. The number of fused-ring (bicyclic) bond motifs is 3. The van der Waals surface area contributed by atoms with E-state index < -0.39 is 0 Å². The van der Waals surface area contributed by atoms with Crippen molar-refractivity contribution in [3.05, 3.63) is 115 Å². The highest BCUT2D eigenvalue weighted by Crippen LogP contribution is 2.34. The number of rotatable bonds is 5. The first-order valence-corrected chi connectivity index (χ1v) is 11.2. The van der Waals surface area contributed by atoms with Gasteiger partial charge in [-0.25, -0.2) is 0 Å². The van der Waals surface area contributed by atoms with Crippen molar-refractivity contribution < 1.29 is 4.74 Å². The molecule has 2 heterocycles. The van der Waals surface area contributed by atoms with Crippen LogP contribution in [0.4, 0.5) is 5.69 Å². The normalized spacial score (nSPS) is 13.4. The van der Waals surface area contributed by atoms with Gasteiger partial charge in [-0.05, 0) is 42.0 Å². The molecule has 0 saturated carbocycles. The lowest BCUT2D eigenvalue weighted by Gasteiger charge is -2.19. The number of nitrogens with zero attached hydrogens (tertiary/aromatic N) is 3. The van der Waals surface area contributed by atoms with Gasteiger partial charge < -0.3 is 19.1 Å². The molecule has 0 saturated heterocycles. The Kier molecular flexibility index (Phi) is 4.76. The van der Waals surface area contributed by atoms with Gasteiger partial charge in [0.2, 0.25) is 0 Å². The van der Waals surface area contributed by atoms with E-state index in [0.717, 1.165) is 30.4 Å². The number of ether oxygens (including phenoxy) is 1. The Morgan fingerprint density at radius 1 is 0.697 bits per heavy atom. The third kappa shape index (κ3) is 3.70. The molecular weight excluding hydrogens is 406 g/mol. The second-order valence-electron chi connectivity index (χ2n) is 8.53. The van der Waals surface area contributed by atoms with E-state index in [4.69, 9.17) is 4.74 Å². The average Bonchev–Trinajstić information content (AvgIpc) is 3.42. The summed E-state index contributed by atoms with van der Waals surface area (Å²) in [5.74, 6) is 1.68. The highest BCUT2D eigenvalue weighted by atomic mass is 16.5. The van der Waals surface area contributed by atoms with Crippen LogP contribution in [0.15, 0.2) is 109 Å². The van der Waals surface area contributed by atoms with Crippen molar-refractivity contribution in [1.29, 1.82) is 0 Å². The monoisotopic (exact) mass is 431 g/mol. The third-order valence-corrected chi connectivity index (χ3v) is 6.19. The average molecular weight is 432 g/mol. The predicted molar refractivity (Wildman–Crippen MR) is 136 cm³/mol. The van der Waals surface area contributed by atoms with E-state index in [1.807, 2.05) is 12.1 Å². The Labute approximate surface area is 193 Å². The fraction of sp³-hybridized carbons (Fsp3) is 0.103. The van der Waals surface area contributed by atoms with Crippen LogP contribution in [0.1, 0.15) is 5.56 Å². The number of aromatic nitrogens is 1. The highest BCUT2D eigenvalue weighted by Gasteiger charge is 2.14. The molecule has 6 rings (SSSR count). The fourth-order valence-electron chi connectivity index (χ4n) is 4.59. The Morgan fingerprint density at radius 2 is 1.48 bits per heavy atom. The fourth-order valence-corrected chi connectivity index (χ4v) is 4.59. The van der Waals surface area contributed by atoms with Crippen molar-refractivity contribution in [2.24, 2.45) is 0 Å². The topological polar surface area (TPSA) is 20.6 Å². The minimum Gasteiger partial charge on any atom is -0.457 e. The highest BCUT2D eigenvalue weighted by molar-refractivity contribution is 6.08. The van der Waals surface area contributed by atoms with Gasteiger partial charge in [-0.3, -0.25) is 0 Å². The van der Waals surface area contributed by atoms with Crippen LogP contribution in [0.2, 0.25) is 0 Å². The van der Waals surface area contributed by atoms with Crippen LogP contribution in [-0.4, -0.2) is 23.2 Å². The molecule has 4 heteroatoms. The Morgan fingerprint density at radius 3 is 2.33 bits per heavy atom. The lowest BCUT2D eigenvalue weighted by molar-refractivity contribution is 0.481. The quantitative estimate of drug-likeness (QED) is 0.305. The summed E-state index contributed by atoms with van der Waals surface area (Å²) in [5.41, 5.74) is 4.86. The number of hydrogen-bond acceptors (Lipinski definition) is 3. The van der Waals surface area contributed by atoms with Crippen LogP contribution in [-0.2, 0) is 6.54 Å². The van der Waals surface area contributed by atoms with Gasteiger partial charge in [0.25, 0.3) is 0 Å². The first kappa shape index (κ1) is 19.5. The van der Waals surface area contributed by atoms with E-state index in [-0.39, 0.29) is 0 Å². The molecule has 4 aromatic carbocycles. The maximum Gasteiger partial charge on any atom is 0.129 e. The zero-order chi connectivity index (χ0) is 22.2. The Bertz CT molecular complexity index is 1470. The maximum atomic E-state index is 6.32. The molecule has 0 N–H and O–H groups in total. The summed E-state index contributed by atoms with van der Waals surface area (Å²) < 4.78 is 8.71. The van der Waals surface area contributed by atoms with Crippen molar-refractivity contribution >= 4 is 27.5 Å². The van der Waals surface area contributed by atoms with Crippen LogP contribution in [0.25, 0.3) is 21.8 Å². The first-order chi connectivity index (χ1) is 16.2. The molecule has 1 aliphatic heterocycles. The predicted octanol–water partition coefficient (Wildman–Crippen LogP) is 6.82. The number of hydrogen-bond donors (Lipinski definition) is 0. The van der Waals surface area contributed by atoms with Gasteiger partial charge in [-0.1, -0.05) is 54.6 Å². The van der Waals surface area contributed by atoms with Gasteiger partial charge in [0, 0.05) is 59.6 Å². The number of benzene rings is 4. The molecule has 1 aliphatic rings. The molecule has 0 bridgehead atoms. The second kappa shape index (κ2) is 8.06. The molecule has 0 fully saturated rings. The third-order valence-electron chi connectivity index (χ3n) is 6.19. The van der Waals surface area contributed by atoms with Gasteiger partial charge in [0.05, 0.1) is 6.67 Å². The van der Waals surface area contributed by atoms with E-state index in [2.05, 4.69) is 119 Å². The smallest absolute Gasteiger partial charge is 0.129 e. The van der Waals surface area contributed by atoms with Crippen molar-refractivity contribution in [3.63, 3.8) is 0 Å². The molecule has 0 radical (unpaired) electrons. The molecule has 0 amide bonds. The summed E-state index contributed by atoms with van der Waals surface area (Å²) >= 11 is 0. The molecule has 0 atom stereocenters. The summed E-state index contributed by atoms with van der Waals surface area (Å²) in [5, 5.41) is 2.45. The second-order valence-corrected chi connectivity index (χ2v) is 8.53. The van der Waals surface area contributed by atoms with Gasteiger partial charge in [0.15, 0.2) is 0 Å². The zero-order valence-electron chi connectivity index (χ0n) is 18.6. The lowest BCUT2D eigenvalue weighted by Crippen LogP contribution is -2.21. The summed E-state index contributed by atoms with van der Waals surface area (Å²) in [6, 6.07) is 33.9. The standard InChI is InChI=1S/C29H25N3O/c1-30-16-17-31(21-30)23-10-7-11-24(18-23)33-25-14-15-29-27(19-25)26-12-5-6-13-28(26)32(29)20-22-8-3-2-4-9-22/h2-19H,20-21H2,1H3. The summed E-state index contributed by atoms with van der Waals surface area (Å²) in [4.78, 5) is 4.35. The molecule has 33 heavy (non-hydrogen) atoms. The summed E-state index contributed by atoms with van der Waals surface area (Å²) in [6.45, 7) is 1.68. The number of anilines is 1. The Hall–Kier alpha value is -4.18. The molecule has 1 aromatic heterocycles. The van der Waals surface area contributed by atoms with E-state index in [1.54, 1.807) is 0 Å².